The third-order valence-corrected chi connectivity index (χ3v) is 5.06. The maximum atomic E-state index is 11.6. The molecule has 108 valence electrons. The molecule has 1 atom stereocenters. The second-order valence-electron chi connectivity index (χ2n) is 4.22. The highest BCUT2D eigenvalue weighted by Crippen LogP contribution is 2.29. The molecular formula is C14H18N2O2S2. The predicted octanol–water partition coefficient (Wildman–Crippen LogP) is 2.93. The van der Waals surface area contributed by atoms with Gasteiger partial charge in [0.1, 0.15) is 6.04 Å². The fourth-order valence-electron chi connectivity index (χ4n) is 1.87. The molecule has 1 unspecified atom stereocenters. The molecule has 1 N–H and O–H groups in total. The van der Waals surface area contributed by atoms with Crippen LogP contribution in [0.5, 0.6) is 0 Å². The second-order valence-corrected chi connectivity index (χ2v) is 6.59. The van der Waals surface area contributed by atoms with Gasteiger partial charge in [0.15, 0.2) is 4.34 Å². The standard InChI is InChI=1S/C14H18N2O2S2/c1-3-15-11(13(17)18-2)8-9-19-14-16-10-6-4-5-7-12(10)20-14/h4-7,11,15H,3,8-9H2,1-2H3. The number of carbonyl (C=O) groups is 1. The van der Waals surface area contributed by atoms with Gasteiger partial charge in [-0.15, -0.1) is 11.3 Å². The van der Waals surface area contributed by atoms with Gasteiger partial charge < -0.3 is 10.1 Å². The summed E-state index contributed by atoms with van der Waals surface area (Å²) in [6.45, 7) is 2.74. The first kappa shape index (κ1) is 15.3. The van der Waals surface area contributed by atoms with Crippen molar-refractivity contribution in [3.63, 3.8) is 0 Å². The quantitative estimate of drug-likeness (QED) is 0.629. The van der Waals surface area contributed by atoms with Crippen LogP contribution >= 0.6 is 23.1 Å². The van der Waals surface area contributed by atoms with Crippen molar-refractivity contribution < 1.29 is 9.53 Å². The normalized spacial score (nSPS) is 12.5. The monoisotopic (exact) mass is 310 g/mol. The van der Waals surface area contributed by atoms with E-state index in [1.54, 1.807) is 23.1 Å². The number of hydrogen-bond acceptors (Lipinski definition) is 6. The van der Waals surface area contributed by atoms with Crippen molar-refractivity contribution in [1.29, 1.82) is 0 Å². The molecule has 1 heterocycles. The molecule has 20 heavy (non-hydrogen) atoms. The largest absolute Gasteiger partial charge is 0.468 e. The number of para-hydroxylation sites is 1. The molecular weight excluding hydrogens is 292 g/mol. The molecule has 0 aliphatic heterocycles. The minimum atomic E-state index is -0.230. The molecule has 2 rings (SSSR count). The third-order valence-electron chi connectivity index (χ3n) is 2.84. The zero-order valence-electron chi connectivity index (χ0n) is 11.6. The molecule has 2 aromatic rings. The first-order valence-electron chi connectivity index (χ1n) is 6.54. The van der Waals surface area contributed by atoms with Crippen LogP contribution in [0.4, 0.5) is 0 Å². The minimum Gasteiger partial charge on any atom is -0.468 e. The molecule has 0 aliphatic rings. The van der Waals surface area contributed by atoms with E-state index in [9.17, 15) is 4.79 Å². The van der Waals surface area contributed by atoms with Gasteiger partial charge in [0.2, 0.25) is 0 Å². The first-order valence-corrected chi connectivity index (χ1v) is 8.34. The molecule has 4 nitrogen and oxygen atoms in total. The van der Waals surface area contributed by atoms with Gasteiger partial charge >= 0.3 is 5.97 Å². The van der Waals surface area contributed by atoms with Crippen LogP contribution in [0.25, 0.3) is 10.2 Å². The average molecular weight is 310 g/mol. The van der Waals surface area contributed by atoms with E-state index in [4.69, 9.17) is 4.74 Å². The highest BCUT2D eigenvalue weighted by molar-refractivity contribution is 8.01. The number of methoxy groups -OCH3 is 1. The second kappa shape index (κ2) is 7.61. The van der Waals surface area contributed by atoms with Crippen molar-refractivity contribution in [3.05, 3.63) is 24.3 Å². The van der Waals surface area contributed by atoms with Crippen molar-refractivity contribution in [2.45, 2.75) is 23.7 Å². The lowest BCUT2D eigenvalue weighted by Crippen LogP contribution is -2.37. The van der Waals surface area contributed by atoms with Gasteiger partial charge in [-0.2, -0.15) is 0 Å². The number of fused-ring (bicyclic) bond motifs is 1. The number of carbonyl (C=O) groups excluding carboxylic acids is 1. The summed E-state index contributed by atoms with van der Waals surface area (Å²) in [6.07, 6.45) is 0.737. The van der Waals surface area contributed by atoms with Gasteiger partial charge in [-0.3, -0.25) is 4.79 Å². The van der Waals surface area contributed by atoms with Gasteiger partial charge in [-0.25, -0.2) is 4.98 Å². The van der Waals surface area contributed by atoms with Gasteiger partial charge in [0.25, 0.3) is 0 Å². The molecule has 0 spiro atoms. The van der Waals surface area contributed by atoms with Crippen molar-refractivity contribution in [2.24, 2.45) is 0 Å². The average Bonchev–Trinajstić information content (AvgIpc) is 2.88. The number of rotatable bonds is 7. The Labute approximate surface area is 126 Å². The van der Waals surface area contributed by atoms with Crippen LogP contribution in [0.2, 0.25) is 0 Å². The molecule has 0 radical (unpaired) electrons. The van der Waals surface area contributed by atoms with Crippen LogP contribution in [-0.4, -0.2) is 36.4 Å². The number of likely N-dealkylation sites (N-methyl/N-ethyl adjacent to an activating group) is 1. The number of thioether (sulfide) groups is 1. The van der Waals surface area contributed by atoms with Crippen molar-refractivity contribution in [2.75, 3.05) is 19.4 Å². The molecule has 6 heteroatoms. The SMILES string of the molecule is CCNC(CCSc1nc2ccccc2s1)C(=O)OC. The number of hydrogen-bond donors (Lipinski definition) is 1. The van der Waals surface area contributed by atoms with Crippen molar-refractivity contribution in [1.82, 2.24) is 10.3 Å². The molecule has 0 saturated heterocycles. The summed E-state index contributed by atoms with van der Waals surface area (Å²) >= 11 is 3.38. The zero-order valence-corrected chi connectivity index (χ0v) is 13.2. The highest BCUT2D eigenvalue weighted by atomic mass is 32.2. The number of aromatic nitrogens is 1. The zero-order chi connectivity index (χ0) is 14.4. The summed E-state index contributed by atoms with van der Waals surface area (Å²) in [4.78, 5) is 16.1. The van der Waals surface area contributed by atoms with E-state index in [0.29, 0.717) is 0 Å². The van der Waals surface area contributed by atoms with Crippen LogP contribution in [0, 0.1) is 0 Å². The van der Waals surface area contributed by atoms with Gasteiger partial charge in [-0.05, 0) is 25.1 Å². The van der Waals surface area contributed by atoms with E-state index in [-0.39, 0.29) is 12.0 Å². The number of benzene rings is 1. The molecule has 0 aliphatic carbocycles. The van der Waals surface area contributed by atoms with Crippen molar-refractivity contribution >= 4 is 39.3 Å². The molecule has 0 saturated carbocycles. The van der Waals surface area contributed by atoms with Gasteiger partial charge in [-0.1, -0.05) is 30.8 Å². The van der Waals surface area contributed by atoms with E-state index in [1.807, 2.05) is 25.1 Å². The first-order chi connectivity index (χ1) is 9.74. The molecule has 0 fully saturated rings. The number of nitrogens with one attached hydrogen (secondary N) is 1. The maximum absolute atomic E-state index is 11.6. The number of ether oxygens (including phenoxy) is 1. The fourth-order valence-corrected chi connectivity index (χ4v) is 4.01. The summed E-state index contributed by atoms with van der Waals surface area (Å²) in [7, 11) is 1.42. The molecule has 1 aromatic carbocycles. The van der Waals surface area contributed by atoms with E-state index < -0.39 is 0 Å². The Kier molecular flexibility index (Phi) is 5.82. The lowest BCUT2D eigenvalue weighted by molar-refractivity contribution is -0.143. The van der Waals surface area contributed by atoms with Crippen LogP contribution < -0.4 is 5.32 Å². The Bertz CT molecular complexity index is 538. The minimum absolute atomic E-state index is 0.197. The highest BCUT2D eigenvalue weighted by Gasteiger charge is 2.17. The van der Waals surface area contributed by atoms with E-state index in [2.05, 4.69) is 16.4 Å². The van der Waals surface area contributed by atoms with Crippen LogP contribution in [0.3, 0.4) is 0 Å². The maximum Gasteiger partial charge on any atom is 0.322 e. The predicted molar refractivity (Wildman–Crippen MR) is 84.4 cm³/mol. The van der Waals surface area contributed by atoms with Crippen LogP contribution in [-0.2, 0) is 9.53 Å². The van der Waals surface area contributed by atoms with Gasteiger partial charge in [0.05, 0.1) is 17.3 Å². The molecule has 0 bridgehead atoms. The molecule has 1 aromatic heterocycles. The Morgan fingerprint density at radius 3 is 3.00 bits per heavy atom. The molecule has 0 amide bonds. The van der Waals surface area contributed by atoms with E-state index in [1.165, 1.54) is 11.8 Å². The smallest absolute Gasteiger partial charge is 0.322 e. The van der Waals surface area contributed by atoms with E-state index in [0.717, 1.165) is 28.6 Å². The number of thiazole rings is 1. The third kappa shape index (κ3) is 3.94. The van der Waals surface area contributed by atoms with Crippen molar-refractivity contribution in [3.8, 4) is 0 Å². The Morgan fingerprint density at radius 1 is 1.50 bits per heavy atom. The summed E-state index contributed by atoms with van der Waals surface area (Å²) in [5.74, 6) is 0.642. The topological polar surface area (TPSA) is 51.2 Å². The lowest BCUT2D eigenvalue weighted by Gasteiger charge is -2.14. The Balaban J connectivity index is 1.89. The summed E-state index contributed by atoms with van der Waals surface area (Å²) in [5.41, 5.74) is 1.04. The number of nitrogens with zero attached hydrogens (tertiary/aromatic N) is 1. The Hall–Kier alpha value is -1.11. The van der Waals surface area contributed by atoms with E-state index >= 15 is 0 Å². The summed E-state index contributed by atoms with van der Waals surface area (Å²) in [5, 5.41) is 3.14. The fraction of sp³-hybridized carbons (Fsp3) is 0.429. The van der Waals surface area contributed by atoms with Crippen LogP contribution in [0.1, 0.15) is 13.3 Å². The van der Waals surface area contributed by atoms with Crippen LogP contribution in [0.15, 0.2) is 28.6 Å². The number of esters is 1. The lowest BCUT2D eigenvalue weighted by atomic mass is 10.2. The summed E-state index contributed by atoms with van der Waals surface area (Å²) in [6, 6.07) is 7.88. The summed E-state index contributed by atoms with van der Waals surface area (Å²) < 4.78 is 7.04. The van der Waals surface area contributed by atoms with Gasteiger partial charge in [0, 0.05) is 5.75 Å². The Morgan fingerprint density at radius 2 is 2.30 bits per heavy atom.